The fourth-order valence-corrected chi connectivity index (χ4v) is 4.36. The van der Waals surface area contributed by atoms with Gasteiger partial charge in [0.2, 0.25) is 0 Å². The van der Waals surface area contributed by atoms with Gasteiger partial charge in [-0.05, 0) is 45.0 Å². The molecule has 0 radical (unpaired) electrons. The predicted molar refractivity (Wildman–Crippen MR) is 136 cm³/mol. The lowest BCUT2D eigenvalue weighted by molar-refractivity contribution is -0.302. The Morgan fingerprint density at radius 2 is 1.97 bits per heavy atom. The summed E-state index contributed by atoms with van der Waals surface area (Å²) in [7, 11) is 1.54. The van der Waals surface area contributed by atoms with Gasteiger partial charge in [0.15, 0.2) is 17.3 Å². The molecule has 37 heavy (non-hydrogen) atoms. The standard InChI is InChI=1S/C26H29ClFN3O6/c1-5-34-24(32)10-16-9-17(37-26(2,3)36-16)13-35-23-11-18-21(12-22(23)33-4)29-14-30-25(18)31-15-6-7-20(28)19(27)8-15/h6-8,11-12,14,16-17H,5,9-10,13H2,1-4H3,(H,29,30,31)/t16-,17+/m1/s1. The second-order valence-corrected chi connectivity index (χ2v) is 9.34. The first-order chi connectivity index (χ1) is 17.7. The third-order valence-electron chi connectivity index (χ3n) is 5.65. The SMILES string of the molecule is CCOC(=O)C[C@H]1C[C@@H](COc2cc3c(Nc4ccc(F)c(Cl)c4)ncnc3cc2OC)OC(C)(C)O1. The predicted octanol–water partition coefficient (Wildman–Crippen LogP) is 5.42. The normalized spacial score (nSPS) is 18.9. The average molecular weight is 534 g/mol. The van der Waals surface area contributed by atoms with Crippen LogP contribution in [-0.4, -0.2) is 54.3 Å². The van der Waals surface area contributed by atoms with Gasteiger partial charge in [-0.15, -0.1) is 0 Å². The largest absolute Gasteiger partial charge is 0.493 e. The van der Waals surface area contributed by atoms with Crippen molar-refractivity contribution in [3.05, 3.63) is 47.5 Å². The molecule has 0 aliphatic carbocycles. The minimum Gasteiger partial charge on any atom is -0.493 e. The smallest absolute Gasteiger partial charge is 0.308 e. The van der Waals surface area contributed by atoms with E-state index in [4.69, 9.17) is 35.3 Å². The minimum absolute atomic E-state index is 0.00491. The third-order valence-corrected chi connectivity index (χ3v) is 5.94. The molecule has 1 aliphatic rings. The second-order valence-electron chi connectivity index (χ2n) is 8.93. The van der Waals surface area contributed by atoms with E-state index >= 15 is 0 Å². The van der Waals surface area contributed by atoms with Crippen molar-refractivity contribution in [2.75, 3.05) is 25.6 Å². The molecule has 2 aromatic carbocycles. The molecule has 1 fully saturated rings. The lowest BCUT2D eigenvalue weighted by Crippen LogP contribution is -2.47. The van der Waals surface area contributed by atoms with E-state index in [-0.39, 0.29) is 36.2 Å². The van der Waals surface area contributed by atoms with Gasteiger partial charge >= 0.3 is 5.97 Å². The van der Waals surface area contributed by atoms with Gasteiger partial charge in [-0.2, -0.15) is 0 Å². The lowest BCUT2D eigenvalue weighted by atomic mass is 10.1. The molecule has 0 bridgehead atoms. The summed E-state index contributed by atoms with van der Waals surface area (Å²) in [6.07, 6.45) is 1.31. The molecule has 4 rings (SSSR count). The highest BCUT2D eigenvalue weighted by molar-refractivity contribution is 6.31. The highest BCUT2D eigenvalue weighted by Gasteiger charge is 2.37. The van der Waals surface area contributed by atoms with E-state index in [1.54, 1.807) is 46.1 Å². The molecule has 1 saturated heterocycles. The Labute approximate surface area is 219 Å². The molecule has 0 saturated carbocycles. The summed E-state index contributed by atoms with van der Waals surface area (Å²) in [5.74, 6) is -0.292. The first kappa shape index (κ1) is 26.8. The number of halogens is 2. The molecule has 1 aliphatic heterocycles. The Morgan fingerprint density at radius 3 is 2.70 bits per heavy atom. The first-order valence-corrected chi connectivity index (χ1v) is 12.2. The number of methoxy groups -OCH3 is 1. The first-order valence-electron chi connectivity index (χ1n) is 11.9. The highest BCUT2D eigenvalue weighted by atomic mass is 35.5. The van der Waals surface area contributed by atoms with Gasteiger partial charge in [0.25, 0.3) is 0 Å². The number of carbonyl (C=O) groups excluding carboxylic acids is 1. The number of hydrogen-bond acceptors (Lipinski definition) is 9. The number of benzene rings is 2. The van der Waals surface area contributed by atoms with Crippen LogP contribution in [0.4, 0.5) is 15.9 Å². The van der Waals surface area contributed by atoms with E-state index in [2.05, 4.69) is 15.3 Å². The molecule has 2 heterocycles. The van der Waals surface area contributed by atoms with E-state index in [1.165, 1.54) is 18.5 Å². The van der Waals surface area contributed by atoms with Gasteiger partial charge < -0.3 is 29.0 Å². The van der Waals surface area contributed by atoms with Crippen molar-refractivity contribution in [2.24, 2.45) is 0 Å². The summed E-state index contributed by atoms with van der Waals surface area (Å²) < 4.78 is 42.2. The Bertz CT molecular complexity index is 1270. The Morgan fingerprint density at radius 1 is 1.19 bits per heavy atom. The van der Waals surface area contributed by atoms with Gasteiger partial charge in [0.05, 0.1) is 42.9 Å². The molecule has 2 atom stereocenters. The number of nitrogens with zero attached hydrogens (tertiary/aromatic N) is 2. The third kappa shape index (κ3) is 6.76. The fourth-order valence-electron chi connectivity index (χ4n) is 4.18. The second kappa shape index (κ2) is 11.5. The van der Waals surface area contributed by atoms with Crippen LogP contribution in [0.15, 0.2) is 36.7 Å². The molecular formula is C26H29ClFN3O6. The zero-order chi connectivity index (χ0) is 26.6. The van der Waals surface area contributed by atoms with Crippen molar-refractivity contribution in [3.63, 3.8) is 0 Å². The van der Waals surface area contributed by atoms with Crippen LogP contribution >= 0.6 is 11.6 Å². The number of esters is 1. The summed E-state index contributed by atoms with van der Waals surface area (Å²) in [4.78, 5) is 20.6. The van der Waals surface area contributed by atoms with Gasteiger partial charge in [0, 0.05) is 23.6 Å². The van der Waals surface area contributed by atoms with Gasteiger partial charge in [0.1, 0.15) is 24.6 Å². The molecule has 1 aromatic heterocycles. The molecule has 11 heteroatoms. The summed E-state index contributed by atoms with van der Waals surface area (Å²) in [5, 5.41) is 3.80. The monoisotopic (exact) mass is 533 g/mol. The fraction of sp³-hybridized carbons (Fsp3) is 0.423. The summed E-state index contributed by atoms with van der Waals surface area (Å²) in [6, 6.07) is 7.82. The summed E-state index contributed by atoms with van der Waals surface area (Å²) >= 11 is 5.92. The molecule has 0 spiro atoms. The van der Waals surface area contributed by atoms with Crippen LogP contribution in [0.25, 0.3) is 10.9 Å². The van der Waals surface area contributed by atoms with Crippen LogP contribution in [0.1, 0.15) is 33.6 Å². The molecule has 0 amide bonds. The Hall–Kier alpha value is -3.21. The number of carbonyl (C=O) groups is 1. The number of hydrogen-bond donors (Lipinski definition) is 1. The van der Waals surface area contributed by atoms with Gasteiger partial charge in [-0.3, -0.25) is 4.79 Å². The highest BCUT2D eigenvalue weighted by Crippen LogP contribution is 2.36. The van der Waals surface area contributed by atoms with Crippen molar-refractivity contribution in [2.45, 2.75) is 51.6 Å². The molecule has 198 valence electrons. The van der Waals surface area contributed by atoms with Crippen molar-refractivity contribution in [1.82, 2.24) is 9.97 Å². The number of aromatic nitrogens is 2. The number of nitrogens with one attached hydrogen (secondary N) is 1. The Balaban J connectivity index is 1.54. The van der Waals surface area contributed by atoms with Crippen molar-refractivity contribution in [3.8, 4) is 11.5 Å². The average Bonchev–Trinajstić information content (AvgIpc) is 2.84. The van der Waals surface area contributed by atoms with Crippen LogP contribution < -0.4 is 14.8 Å². The molecule has 0 unspecified atom stereocenters. The van der Waals surface area contributed by atoms with Crippen LogP contribution in [0.2, 0.25) is 5.02 Å². The number of fused-ring (bicyclic) bond motifs is 1. The van der Waals surface area contributed by atoms with Crippen LogP contribution in [-0.2, 0) is 19.0 Å². The van der Waals surface area contributed by atoms with Gasteiger partial charge in [-0.1, -0.05) is 11.6 Å². The van der Waals surface area contributed by atoms with E-state index in [9.17, 15) is 9.18 Å². The number of ether oxygens (including phenoxy) is 5. The maximum absolute atomic E-state index is 13.6. The molecule has 3 aromatic rings. The van der Waals surface area contributed by atoms with Crippen LogP contribution in [0.5, 0.6) is 11.5 Å². The maximum Gasteiger partial charge on any atom is 0.308 e. The zero-order valence-electron chi connectivity index (χ0n) is 21.0. The maximum atomic E-state index is 13.6. The summed E-state index contributed by atoms with van der Waals surface area (Å²) in [6.45, 7) is 5.86. The van der Waals surface area contributed by atoms with E-state index in [0.717, 1.165) is 0 Å². The van der Waals surface area contributed by atoms with Crippen LogP contribution in [0, 0.1) is 5.82 Å². The summed E-state index contributed by atoms with van der Waals surface area (Å²) in [5.41, 5.74) is 1.18. The molecule has 9 nitrogen and oxygen atoms in total. The minimum atomic E-state index is -0.891. The Kier molecular flexibility index (Phi) is 8.31. The van der Waals surface area contributed by atoms with E-state index < -0.39 is 11.6 Å². The van der Waals surface area contributed by atoms with Crippen molar-refractivity contribution < 1.29 is 32.9 Å². The van der Waals surface area contributed by atoms with E-state index in [1.807, 2.05) is 0 Å². The number of anilines is 2. The number of rotatable bonds is 9. The van der Waals surface area contributed by atoms with Crippen molar-refractivity contribution in [1.29, 1.82) is 0 Å². The lowest BCUT2D eigenvalue weighted by Gasteiger charge is -2.40. The van der Waals surface area contributed by atoms with E-state index in [0.29, 0.717) is 46.9 Å². The quantitative estimate of drug-likeness (QED) is 0.361. The topological polar surface area (TPSA) is 101 Å². The van der Waals surface area contributed by atoms with Gasteiger partial charge in [-0.25, -0.2) is 14.4 Å². The molecular weight excluding hydrogens is 505 g/mol. The van der Waals surface area contributed by atoms with Crippen molar-refractivity contribution >= 4 is 40.0 Å². The zero-order valence-corrected chi connectivity index (χ0v) is 21.8. The molecule has 1 N–H and O–H groups in total. The van der Waals surface area contributed by atoms with Crippen LogP contribution in [0.3, 0.4) is 0 Å².